The highest BCUT2D eigenvalue weighted by Crippen LogP contribution is 2.16. The van der Waals surface area contributed by atoms with Crippen LogP contribution in [0, 0.1) is 0 Å². The molecule has 7 heteroatoms. The van der Waals surface area contributed by atoms with Gasteiger partial charge in [0.25, 0.3) is 10.2 Å². The summed E-state index contributed by atoms with van der Waals surface area (Å²) >= 11 is 0. The minimum atomic E-state index is -3.41. The van der Waals surface area contributed by atoms with Crippen LogP contribution in [0.1, 0.15) is 33.1 Å². The molecule has 2 atom stereocenters. The summed E-state index contributed by atoms with van der Waals surface area (Å²) in [6.07, 6.45) is 2.74. The Morgan fingerprint density at radius 3 is 2.79 bits per heavy atom. The molecule has 114 valence electrons. The molecule has 0 aliphatic carbocycles. The first kappa shape index (κ1) is 16.8. The molecule has 0 saturated carbocycles. The van der Waals surface area contributed by atoms with Crippen molar-refractivity contribution < 1.29 is 13.2 Å². The maximum atomic E-state index is 12.1. The minimum absolute atomic E-state index is 0.00457. The molecule has 0 bridgehead atoms. The molecule has 0 amide bonds. The van der Waals surface area contributed by atoms with E-state index in [-0.39, 0.29) is 12.1 Å². The molecule has 0 radical (unpaired) electrons. The van der Waals surface area contributed by atoms with Crippen LogP contribution in [-0.4, -0.2) is 58.2 Å². The molecule has 1 heterocycles. The van der Waals surface area contributed by atoms with Gasteiger partial charge in [-0.15, -0.1) is 0 Å². The van der Waals surface area contributed by atoms with E-state index in [0.717, 1.165) is 39.0 Å². The molecule has 19 heavy (non-hydrogen) atoms. The molecule has 0 spiro atoms. The summed E-state index contributed by atoms with van der Waals surface area (Å²) < 4.78 is 33.8. The van der Waals surface area contributed by atoms with E-state index in [2.05, 4.69) is 10.0 Å². The highest BCUT2D eigenvalue weighted by Gasteiger charge is 2.27. The lowest BCUT2D eigenvalue weighted by molar-refractivity contribution is 0.0897. The molecule has 0 aromatic carbocycles. The second-order valence-electron chi connectivity index (χ2n) is 4.99. The Bertz CT molecular complexity index is 342. The van der Waals surface area contributed by atoms with Crippen LogP contribution in [0.3, 0.4) is 0 Å². The van der Waals surface area contributed by atoms with Gasteiger partial charge < -0.3 is 10.1 Å². The Morgan fingerprint density at radius 1 is 1.47 bits per heavy atom. The summed E-state index contributed by atoms with van der Waals surface area (Å²) in [5, 5.41) is 3.18. The zero-order valence-corrected chi connectivity index (χ0v) is 13.0. The molecule has 0 aromatic heterocycles. The Labute approximate surface area is 117 Å². The van der Waals surface area contributed by atoms with Crippen molar-refractivity contribution in [1.82, 2.24) is 14.3 Å². The Kier molecular flexibility index (Phi) is 7.23. The summed E-state index contributed by atoms with van der Waals surface area (Å²) in [4.78, 5) is 0. The second-order valence-corrected chi connectivity index (χ2v) is 6.80. The van der Waals surface area contributed by atoms with E-state index in [4.69, 9.17) is 4.74 Å². The topological polar surface area (TPSA) is 70.7 Å². The average molecular weight is 293 g/mol. The fraction of sp³-hybridized carbons (Fsp3) is 1.00. The molecule has 1 fully saturated rings. The van der Waals surface area contributed by atoms with Crippen molar-refractivity contribution in [2.75, 3.05) is 33.3 Å². The predicted molar refractivity (Wildman–Crippen MR) is 76.3 cm³/mol. The monoisotopic (exact) mass is 293 g/mol. The molecule has 0 aromatic rings. The zero-order chi connectivity index (χ0) is 14.3. The van der Waals surface area contributed by atoms with Gasteiger partial charge in [0.05, 0.1) is 6.10 Å². The summed E-state index contributed by atoms with van der Waals surface area (Å²) in [6, 6.07) is -0.177. The van der Waals surface area contributed by atoms with Crippen LogP contribution < -0.4 is 10.0 Å². The van der Waals surface area contributed by atoms with Gasteiger partial charge in [0.2, 0.25) is 0 Å². The number of nitrogens with zero attached hydrogens (tertiary/aromatic N) is 1. The van der Waals surface area contributed by atoms with Crippen LogP contribution in [-0.2, 0) is 14.9 Å². The molecule has 6 nitrogen and oxygen atoms in total. The van der Waals surface area contributed by atoms with E-state index < -0.39 is 10.2 Å². The molecule has 1 aliphatic heterocycles. The molecule has 2 unspecified atom stereocenters. The Morgan fingerprint density at radius 2 is 2.21 bits per heavy atom. The number of hydrogen-bond donors (Lipinski definition) is 2. The predicted octanol–water partition coefficient (Wildman–Crippen LogP) is 0.320. The summed E-state index contributed by atoms with van der Waals surface area (Å²) in [6.45, 7) is 6.88. The van der Waals surface area contributed by atoms with Crippen molar-refractivity contribution in [2.45, 2.75) is 45.3 Å². The zero-order valence-electron chi connectivity index (χ0n) is 12.2. The van der Waals surface area contributed by atoms with Crippen LogP contribution in [0.5, 0.6) is 0 Å². The summed E-state index contributed by atoms with van der Waals surface area (Å²) in [7, 11) is -1.80. The second kappa shape index (κ2) is 8.16. The third-order valence-electron chi connectivity index (χ3n) is 3.34. The normalized spacial score (nSPS) is 22.0. The van der Waals surface area contributed by atoms with Gasteiger partial charge in [-0.2, -0.15) is 17.4 Å². The van der Waals surface area contributed by atoms with Gasteiger partial charge in [0.1, 0.15) is 0 Å². The first-order valence-electron chi connectivity index (χ1n) is 7.03. The molecule has 1 rings (SSSR count). The van der Waals surface area contributed by atoms with Crippen molar-refractivity contribution in [1.29, 1.82) is 0 Å². The lowest BCUT2D eigenvalue weighted by atomic mass is 10.1. The molecular weight excluding hydrogens is 266 g/mol. The van der Waals surface area contributed by atoms with Crippen molar-refractivity contribution in [3.8, 4) is 0 Å². The number of ether oxygens (including phenoxy) is 1. The van der Waals surface area contributed by atoms with Crippen molar-refractivity contribution in [2.24, 2.45) is 0 Å². The SMILES string of the molecule is CCNCCCN(C)S(=O)(=O)NC(C)C1CCCO1. The van der Waals surface area contributed by atoms with Crippen LogP contribution >= 0.6 is 0 Å². The van der Waals surface area contributed by atoms with Gasteiger partial charge in [-0.1, -0.05) is 6.92 Å². The Hall–Kier alpha value is -0.210. The van der Waals surface area contributed by atoms with Crippen molar-refractivity contribution in [3.63, 3.8) is 0 Å². The lowest BCUT2D eigenvalue weighted by Crippen LogP contribution is -2.47. The standard InChI is InChI=1S/C12H27N3O3S/c1-4-13-8-6-9-15(3)19(16,17)14-11(2)12-7-5-10-18-12/h11-14H,4-10H2,1-3H3. The quantitative estimate of drug-likeness (QED) is 0.601. The Balaban J connectivity index is 2.36. The van der Waals surface area contributed by atoms with Crippen molar-refractivity contribution in [3.05, 3.63) is 0 Å². The minimum Gasteiger partial charge on any atom is -0.377 e. The fourth-order valence-electron chi connectivity index (χ4n) is 2.12. The lowest BCUT2D eigenvalue weighted by Gasteiger charge is -2.24. The third kappa shape index (κ3) is 5.74. The van der Waals surface area contributed by atoms with E-state index >= 15 is 0 Å². The van der Waals surface area contributed by atoms with Crippen LogP contribution in [0.4, 0.5) is 0 Å². The number of rotatable bonds is 9. The van der Waals surface area contributed by atoms with Crippen LogP contribution in [0.2, 0.25) is 0 Å². The first-order valence-corrected chi connectivity index (χ1v) is 8.47. The van der Waals surface area contributed by atoms with E-state index in [9.17, 15) is 8.42 Å². The molecule has 2 N–H and O–H groups in total. The molecule has 1 aliphatic rings. The molecular formula is C12H27N3O3S. The van der Waals surface area contributed by atoms with E-state index in [1.807, 2.05) is 13.8 Å². The number of nitrogens with one attached hydrogen (secondary N) is 2. The fourth-order valence-corrected chi connectivity index (χ4v) is 3.29. The van der Waals surface area contributed by atoms with Gasteiger partial charge in [0, 0.05) is 26.2 Å². The van der Waals surface area contributed by atoms with Crippen LogP contribution in [0.15, 0.2) is 0 Å². The summed E-state index contributed by atoms with van der Waals surface area (Å²) in [5.41, 5.74) is 0. The van der Waals surface area contributed by atoms with Crippen LogP contribution in [0.25, 0.3) is 0 Å². The van der Waals surface area contributed by atoms with E-state index in [0.29, 0.717) is 6.54 Å². The smallest absolute Gasteiger partial charge is 0.279 e. The highest BCUT2D eigenvalue weighted by atomic mass is 32.2. The van der Waals surface area contributed by atoms with E-state index in [1.54, 1.807) is 7.05 Å². The number of hydrogen-bond acceptors (Lipinski definition) is 4. The largest absolute Gasteiger partial charge is 0.377 e. The first-order chi connectivity index (χ1) is 8.97. The van der Waals surface area contributed by atoms with Crippen molar-refractivity contribution >= 4 is 10.2 Å². The maximum absolute atomic E-state index is 12.1. The summed E-state index contributed by atoms with van der Waals surface area (Å²) in [5.74, 6) is 0. The molecule has 1 saturated heterocycles. The van der Waals surface area contributed by atoms with Gasteiger partial charge in [-0.05, 0) is 39.3 Å². The van der Waals surface area contributed by atoms with Gasteiger partial charge in [0.15, 0.2) is 0 Å². The van der Waals surface area contributed by atoms with Gasteiger partial charge in [-0.3, -0.25) is 0 Å². The van der Waals surface area contributed by atoms with Gasteiger partial charge in [-0.25, -0.2) is 0 Å². The van der Waals surface area contributed by atoms with E-state index in [1.165, 1.54) is 4.31 Å². The highest BCUT2D eigenvalue weighted by molar-refractivity contribution is 7.87. The van der Waals surface area contributed by atoms with Gasteiger partial charge >= 0.3 is 0 Å². The third-order valence-corrected chi connectivity index (χ3v) is 5.02. The average Bonchev–Trinajstić information content (AvgIpc) is 2.87. The maximum Gasteiger partial charge on any atom is 0.279 e.